The Bertz CT molecular complexity index is 1780. The normalized spacial score (nSPS) is 16.1. The van der Waals surface area contributed by atoms with E-state index in [0.29, 0.717) is 25.1 Å². The maximum absolute atomic E-state index is 13.8. The first-order valence-electron chi connectivity index (χ1n) is 17.3. The van der Waals surface area contributed by atoms with E-state index in [4.69, 9.17) is 9.47 Å². The second-order valence-electron chi connectivity index (χ2n) is 13.7. The summed E-state index contributed by atoms with van der Waals surface area (Å²) in [4.78, 5) is 32.9. The van der Waals surface area contributed by atoms with Crippen LogP contribution in [-0.2, 0) is 27.1 Å². The molecule has 264 valence electrons. The average Bonchev–Trinajstić information content (AvgIpc) is 3.82. The van der Waals surface area contributed by atoms with Crippen LogP contribution in [0, 0.1) is 0 Å². The third-order valence-electron chi connectivity index (χ3n) is 9.04. The molecule has 1 aliphatic rings. The molecule has 7 nitrogen and oxygen atoms in total. The zero-order valence-electron chi connectivity index (χ0n) is 29.6. The quantitative estimate of drug-likeness (QED) is 0.102. The van der Waals surface area contributed by atoms with Gasteiger partial charge in [0.2, 0.25) is 0 Å². The predicted octanol–water partition coefficient (Wildman–Crippen LogP) is 9.23. The zero-order valence-corrected chi connectivity index (χ0v) is 31.2. The average molecular weight is 720 g/mol. The van der Waals surface area contributed by atoms with Gasteiger partial charge in [-0.2, -0.15) is 0 Å². The topological polar surface area (TPSA) is 80.8 Å². The highest BCUT2D eigenvalue weighted by Crippen LogP contribution is 2.52. The lowest BCUT2D eigenvalue weighted by Gasteiger charge is -2.37. The van der Waals surface area contributed by atoms with Crippen molar-refractivity contribution in [2.75, 3.05) is 25.5 Å². The summed E-state index contributed by atoms with van der Waals surface area (Å²) in [5.74, 6) is -0.375. The van der Waals surface area contributed by atoms with Crippen molar-refractivity contribution in [3.63, 3.8) is 0 Å². The first-order chi connectivity index (χ1) is 24.7. The van der Waals surface area contributed by atoms with Crippen LogP contribution in [-0.4, -0.2) is 59.0 Å². The van der Waals surface area contributed by atoms with Crippen LogP contribution in [0.5, 0.6) is 0 Å². The number of thioether (sulfide) groups is 1. The summed E-state index contributed by atoms with van der Waals surface area (Å²) in [5.41, 5.74) is 5.15. The Morgan fingerprint density at radius 1 is 0.882 bits per heavy atom. The maximum Gasteiger partial charge on any atom is 0.410 e. The molecule has 1 N–H and O–H groups in total. The summed E-state index contributed by atoms with van der Waals surface area (Å²) in [6.07, 6.45) is 3.65. The third-order valence-corrected chi connectivity index (χ3v) is 11.6. The molecule has 2 heterocycles. The number of aromatic nitrogens is 1. The number of nitrogens with zero attached hydrogens (tertiary/aromatic N) is 2. The fraction of sp³-hybridized carbons (Fsp3) is 0.310. The summed E-state index contributed by atoms with van der Waals surface area (Å²) in [6.45, 7) is 6.72. The van der Waals surface area contributed by atoms with E-state index in [1.54, 1.807) is 17.5 Å². The highest BCUT2D eigenvalue weighted by molar-refractivity contribution is 8.01. The molecule has 0 unspecified atom stereocenters. The van der Waals surface area contributed by atoms with Crippen molar-refractivity contribution in [3.8, 4) is 0 Å². The Hall–Kier alpha value is -4.60. The van der Waals surface area contributed by atoms with E-state index in [2.05, 4.69) is 101 Å². The molecule has 1 amide bonds. The molecule has 6 rings (SSSR count). The third kappa shape index (κ3) is 8.65. The molecule has 9 heteroatoms. The Morgan fingerprint density at radius 3 is 2.02 bits per heavy atom. The number of amides is 1. The molecule has 5 aromatic rings. The lowest BCUT2D eigenvalue weighted by Crippen LogP contribution is -2.42. The Kier molecular flexibility index (Phi) is 11.5. The van der Waals surface area contributed by atoms with Gasteiger partial charge in [-0.3, -0.25) is 0 Å². The van der Waals surface area contributed by atoms with Crippen LogP contribution in [0.25, 0.3) is 0 Å². The van der Waals surface area contributed by atoms with E-state index in [1.807, 2.05) is 61.0 Å². The minimum absolute atomic E-state index is 0.0869. The molecule has 0 aliphatic carbocycles. The number of methoxy groups -OCH3 is 1. The molecule has 0 spiro atoms. The summed E-state index contributed by atoms with van der Waals surface area (Å²) >= 11 is 3.51. The number of rotatable bonds is 12. The SMILES string of the molecule is COC(=O)c1cc(NC[C@@H]2C[C@H](SC(c3ccccc3)(c3ccccc3)c3ccccc3)CN2C(=O)OC(C)(C)C)ccc1CCc1nccs1. The molecule has 51 heavy (non-hydrogen) atoms. The standard InChI is InChI=1S/C42H45N3O4S2/c1-41(2,3)49-40(47)45-29-36(51-42(31-14-8-5-9-15-31,32-16-10-6-11-17-32)33-18-12-7-13-19-33)27-35(45)28-44-34-22-20-30(37(26-34)39(46)48-4)21-23-38-43-24-25-50-38/h5-20,22,24-26,35-36,44H,21,23,27-29H2,1-4H3/t35-,36-/m0/s1. The lowest BCUT2D eigenvalue weighted by molar-refractivity contribution is 0.0235. The van der Waals surface area contributed by atoms with Crippen LogP contribution in [0.4, 0.5) is 10.5 Å². The predicted molar refractivity (Wildman–Crippen MR) is 208 cm³/mol. The number of benzene rings is 4. The van der Waals surface area contributed by atoms with Crippen LogP contribution < -0.4 is 5.32 Å². The van der Waals surface area contributed by atoms with Gasteiger partial charge in [-0.1, -0.05) is 97.1 Å². The van der Waals surface area contributed by atoms with Gasteiger partial charge in [0.25, 0.3) is 0 Å². The van der Waals surface area contributed by atoms with Gasteiger partial charge in [-0.15, -0.1) is 23.1 Å². The van der Waals surface area contributed by atoms with E-state index in [-0.39, 0.29) is 23.4 Å². The van der Waals surface area contributed by atoms with Gasteiger partial charge in [0.05, 0.1) is 28.5 Å². The first kappa shape index (κ1) is 36.2. The van der Waals surface area contributed by atoms with Crippen molar-refractivity contribution in [2.24, 2.45) is 0 Å². The van der Waals surface area contributed by atoms with Gasteiger partial charge in [0, 0.05) is 42.0 Å². The van der Waals surface area contributed by atoms with Crippen LogP contribution >= 0.6 is 23.1 Å². The van der Waals surface area contributed by atoms with Crippen molar-refractivity contribution in [1.29, 1.82) is 0 Å². The summed E-state index contributed by atoms with van der Waals surface area (Å²) in [7, 11) is 1.41. The molecule has 1 aliphatic heterocycles. The van der Waals surface area contributed by atoms with Gasteiger partial charge in [0.15, 0.2) is 0 Å². The number of hydrogen-bond donors (Lipinski definition) is 1. The van der Waals surface area contributed by atoms with E-state index < -0.39 is 10.3 Å². The van der Waals surface area contributed by atoms with Crippen molar-refractivity contribution in [1.82, 2.24) is 9.88 Å². The number of thiazole rings is 1. The number of esters is 1. The number of aryl methyl sites for hydroxylation is 2. The number of likely N-dealkylation sites (tertiary alicyclic amines) is 1. The highest BCUT2D eigenvalue weighted by atomic mass is 32.2. The largest absolute Gasteiger partial charge is 0.465 e. The van der Waals surface area contributed by atoms with Crippen LogP contribution in [0.2, 0.25) is 0 Å². The maximum atomic E-state index is 13.8. The van der Waals surface area contributed by atoms with Crippen molar-refractivity contribution in [3.05, 3.63) is 154 Å². The second kappa shape index (κ2) is 16.2. The summed E-state index contributed by atoms with van der Waals surface area (Å²) in [5, 5.41) is 6.63. The number of anilines is 1. The minimum atomic E-state index is -0.633. The van der Waals surface area contributed by atoms with E-state index in [0.717, 1.165) is 29.1 Å². The van der Waals surface area contributed by atoms with Gasteiger partial charge >= 0.3 is 12.1 Å². The van der Waals surface area contributed by atoms with Gasteiger partial charge < -0.3 is 19.7 Å². The fourth-order valence-electron chi connectivity index (χ4n) is 6.73. The molecule has 0 bridgehead atoms. The molecule has 0 radical (unpaired) electrons. The summed E-state index contributed by atoms with van der Waals surface area (Å²) in [6, 6.07) is 37.6. The smallest absolute Gasteiger partial charge is 0.410 e. The Balaban J connectivity index is 1.29. The molecular weight excluding hydrogens is 675 g/mol. The Labute approximate surface area is 309 Å². The molecule has 1 saturated heterocycles. The van der Waals surface area contributed by atoms with Crippen molar-refractivity contribution < 1.29 is 19.1 Å². The number of nitrogens with one attached hydrogen (secondary N) is 1. The Morgan fingerprint density at radius 2 is 1.49 bits per heavy atom. The van der Waals surface area contributed by atoms with Crippen LogP contribution in [0.1, 0.15) is 64.8 Å². The van der Waals surface area contributed by atoms with Crippen molar-refractivity contribution >= 4 is 40.8 Å². The second-order valence-corrected chi connectivity index (χ2v) is 16.2. The number of carbonyl (C=O) groups is 2. The van der Waals surface area contributed by atoms with Gasteiger partial charge in [0.1, 0.15) is 5.60 Å². The molecule has 1 fully saturated rings. The lowest BCUT2D eigenvalue weighted by atomic mass is 9.84. The minimum Gasteiger partial charge on any atom is -0.465 e. The van der Waals surface area contributed by atoms with E-state index >= 15 is 0 Å². The monoisotopic (exact) mass is 719 g/mol. The van der Waals surface area contributed by atoms with E-state index in [1.165, 1.54) is 23.8 Å². The fourth-order valence-corrected chi connectivity index (χ4v) is 9.22. The molecular formula is C42H45N3O4S2. The van der Waals surface area contributed by atoms with E-state index in [9.17, 15) is 9.59 Å². The molecule has 1 aromatic heterocycles. The number of ether oxygens (including phenoxy) is 2. The van der Waals surface area contributed by atoms with Crippen LogP contribution in [0.3, 0.4) is 0 Å². The van der Waals surface area contributed by atoms with Gasteiger partial charge in [-0.25, -0.2) is 14.6 Å². The molecule has 0 saturated carbocycles. The summed E-state index contributed by atoms with van der Waals surface area (Å²) < 4.78 is 10.6. The highest BCUT2D eigenvalue weighted by Gasteiger charge is 2.45. The molecule has 4 aromatic carbocycles. The molecule has 2 atom stereocenters. The number of carbonyl (C=O) groups excluding carboxylic acids is 2. The first-order valence-corrected chi connectivity index (χ1v) is 19.1. The zero-order chi connectivity index (χ0) is 35.8. The number of hydrogen-bond acceptors (Lipinski definition) is 8. The van der Waals surface area contributed by atoms with Crippen molar-refractivity contribution in [2.45, 2.75) is 61.7 Å². The van der Waals surface area contributed by atoms with Crippen LogP contribution in [0.15, 0.2) is 121 Å². The van der Waals surface area contributed by atoms with Gasteiger partial charge in [-0.05, 0) is 68.0 Å².